The number of nitrogens with two attached hydrogens (primary N) is 1. The predicted octanol–water partition coefficient (Wildman–Crippen LogP) is 7.09. The van der Waals surface area contributed by atoms with Crippen molar-refractivity contribution < 1.29 is 13.2 Å². The highest BCUT2D eigenvalue weighted by molar-refractivity contribution is 5.89. The van der Waals surface area contributed by atoms with Crippen LogP contribution in [0.1, 0.15) is 75.5 Å². The second-order valence-corrected chi connectivity index (χ2v) is 7.11. The smallest absolute Gasteiger partial charge is 0.316 e. The Morgan fingerprint density at radius 2 is 1.42 bits per heavy atom. The molecule has 2 rings (SSSR count). The lowest BCUT2D eigenvalue weighted by molar-refractivity contribution is -0.148. The highest BCUT2D eigenvalue weighted by atomic mass is 19.4. The van der Waals surface area contributed by atoms with Gasteiger partial charge >= 0.3 is 6.18 Å². The van der Waals surface area contributed by atoms with Crippen molar-refractivity contribution in [3.05, 3.63) is 47.5 Å². The molecule has 0 amide bonds. The molecule has 144 valence electrons. The van der Waals surface area contributed by atoms with Gasteiger partial charge in [-0.15, -0.1) is 0 Å². The molecule has 0 unspecified atom stereocenters. The summed E-state index contributed by atoms with van der Waals surface area (Å²) in [4.78, 5) is 0. The molecule has 2 N–H and O–H groups in total. The molecule has 0 saturated heterocycles. The van der Waals surface area contributed by atoms with E-state index in [2.05, 4.69) is 6.92 Å². The molecule has 0 heterocycles. The van der Waals surface area contributed by atoms with Crippen LogP contribution < -0.4 is 5.73 Å². The summed E-state index contributed by atoms with van der Waals surface area (Å²) in [6.45, 7) is 2.21. The summed E-state index contributed by atoms with van der Waals surface area (Å²) >= 11 is 0. The van der Waals surface area contributed by atoms with Crippen LogP contribution in [0.5, 0.6) is 0 Å². The highest BCUT2D eigenvalue weighted by Crippen LogP contribution is 2.36. The molecule has 0 aliphatic heterocycles. The van der Waals surface area contributed by atoms with Crippen molar-refractivity contribution >= 4 is 10.8 Å². The molecule has 26 heavy (non-hydrogen) atoms. The van der Waals surface area contributed by atoms with E-state index in [1.54, 1.807) is 6.07 Å². The fraction of sp³-hybridized carbons (Fsp3) is 0.545. The summed E-state index contributed by atoms with van der Waals surface area (Å²) in [6, 6.07) is 8.81. The first-order chi connectivity index (χ1) is 12.4. The van der Waals surface area contributed by atoms with Crippen molar-refractivity contribution in [3.8, 4) is 0 Å². The summed E-state index contributed by atoms with van der Waals surface area (Å²) in [5.74, 6) is 0. The third-order valence-corrected chi connectivity index (χ3v) is 5.01. The molecular weight excluding hydrogens is 335 g/mol. The Hall–Kier alpha value is -1.55. The Kier molecular flexibility index (Phi) is 7.95. The van der Waals surface area contributed by atoms with Crippen LogP contribution in [0.2, 0.25) is 0 Å². The zero-order chi connectivity index (χ0) is 19.0. The quantitative estimate of drug-likeness (QED) is 0.447. The Labute approximate surface area is 154 Å². The molecule has 0 saturated carbocycles. The lowest BCUT2D eigenvalue weighted by Crippen LogP contribution is -2.28. The minimum Gasteiger partial charge on any atom is -0.316 e. The molecule has 0 radical (unpaired) electrons. The molecule has 0 aromatic heterocycles. The molecule has 4 heteroatoms. The summed E-state index contributed by atoms with van der Waals surface area (Å²) in [5, 5.41) is 1.52. The molecule has 2 aromatic carbocycles. The number of rotatable bonds is 10. The molecule has 2 aromatic rings. The zero-order valence-electron chi connectivity index (χ0n) is 15.6. The van der Waals surface area contributed by atoms with Crippen LogP contribution in [0.3, 0.4) is 0 Å². The predicted molar refractivity (Wildman–Crippen MR) is 103 cm³/mol. The van der Waals surface area contributed by atoms with Gasteiger partial charge in [0.2, 0.25) is 0 Å². The third-order valence-electron chi connectivity index (χ3n) is 5.01. The van der Waals surface area contributed by atoms with Crippen molar-refractivity contribution in [2.24, 2.45) is 5.73 Å². The molecule has 1 atom stereocenters. The number of benzene rings is 2. The molecule has 0 spiro atoms. The standard InChI is InChI=1S/C22H30F3N/c1-2-3-4-5-6-7-8-9-12-17-13-10-14-18-15-11-16-19(20(17)18)21(26)22(23,24)25/h10-11,13-16,21H,2-9,12,26H2,1H3/t21-/m0/s1. The number of halogens is 3. The van der Waals surface area contributed by atoms with Crippen LogP contribution in [0.15, 0.2) is 36.4 Å². The van der Waals surface area contributed by atoms with Crippen molar-refractivity contribution in [3.63, 3.8) is 0 Å². The van der Waals surface area contributed by atoms with Gasteiger partial charge in [0.05, 0.1) is 0 Å². The third kappa shape index (κ3) is 5.73. The first kappa shape index (κ1) is 20.8. The van der Waals surface area contributed by atoms with Crippen LogP contribution in [-0.2, 0) is 6.42 Å². The second kappa shape index (κ2) is 9.96. The van der Waals surface area contributed by atoms with E-state index >= 15 is 0 Å². The largest absolute Gasteiger partial charge is 0.407 e. The monoisotopic (exact) mass is 365 g/mol. The second-order valence-electron chi connectivity index (χ2n) is 7.11. The van der Waals surface area contributed by atoms with E-state index in [4.69, 9.17) is 5.73 Å². The molecule has 1 nitrogen and oxygen atoms in total. The molecule has 0 aliphatic carbocycles. The van der Waals surface area contributed by atoms with Crippen LogP contribution in [0.4, 0.5) is 13.2 Å². The van der Waals surface area contributed by atoms with Gasteiger partial charge in [-0.3, -0.25) is 0 Å². The van der Waals surface area contributed by atoms with E-state index in [1.165, 1.54) is 44.6 Å². The van der Waals surface area contributed by atoms with Gasteiger partial charge in [-0.25, -0.2) is 0 Å². The van der Waals surface area contributed by atoms with E-state index in [0.29, 0.717) is 5.39 Å². The lowest BCUT2D eigenvalue weighted by atomic mass is 9.92. The maximum Gasteiger partial charge on any atom is 0.407 e. The first-order valence-electron chi connectivity index (χ1n) is 9.78. The van der Waals surface area contributed by atoms with Gasteiger partial charge in [-0.1, -0.05) is 88.3 Å². The van der Waals surface area contributed by atoms with Crippen LogP contribution in [0.25, 0.3) is 10.8 Å². The number of aryl methyl sites for hydroxylation is 1. The fourth-order valence-corrected chi connectivity index (χ4v) is 3.54. The van der Waals surface area contributed by atoms with Gasteiger partial charge < -0.3 is 5.73 Å². The van der Waals surface area contributed by atoms with Gasteiger partial charge in [0.25, 0.3) is 0 Å². The number of alkyl halides is 3. The minimum absolute atomic E-state index is 0.185. The molecular formula is C22H30F3N. The summed E-state index contributed by atoms with van der Waals surface area (Å²) in [5.41, 5.74) is 6.68. The number of hydrogen-bond acceptors (Lipinski definition) is 1. The fourth-order valence-electron chi connectivity index (χ4n) is 3.54. The van der Waals surface area contributed by atoms with Gasteiger partial charge in [-0.2, -0.15) is 13.2 Å². The van der Waals surface area contributed by atoms with Crippen molar-refractivity contribution in [2.75, 3.05) is 0 Å². The van der Waals surface area contributed by atoms with Crippen molar-refractivity contribution in [1.29, 1.82) is 0 Å². The molecule has 0 aliphatic rings. The van der Waals surface area contributed by atoms with Gasteiger partial charge in [0, 0.05) is 0 Å². The molecule has 0 bridgehead atoms. The van der Waals surface area contributed by atoms with E-state index in [0.717, 1.165) is 30.2 Å². The topological polar surface area (TPSA) is 26.0 Å². The Balaban J connectivity index is 2.04. The van der Waals surface area contributed by atoms with Crippen molar-refractivity contribution in [1.82, 2.24) is 0 Å². The zero-order valence-corrected chi connectivity index (χ0v) is 15.6. The van der Waals surface area contributed by atoms with Crippen molar-refractivity contribution in [2.45, 2.75) is 76.9 Å². The Morgan fingerprint density at radius 1 is 0.846 bits per heavy atom. The van der Waals surface area contributed by atoms with Gasteiger partial charge in [-0.05, 0) is 34.7 Å². The van der Waals surface area contributed by atoms with Gasteiger partial charge in [0.15, 0.2) is 0 Å². The number of hydrogen-bond donors (Lipinski definition) is 1. The average molecular weight is 365 g/mol. The maximum absolute atomic E-state index is 13.1. The lowest BCUT2D eigenvalue weighted by Gasteiger charge is -2.19. The number of fused-ring (bicyclic) bond motifs is 1. The van der Waals surface area contributed by atoms with E-state index in [9.17, 15) is 13.2 Å². The highest BCUT2D eigenvalue weighted by Gasteiger charge is 2.38. The van der Waals surface area contributed by atoms with E-state index in [-0.39, 0.29) is 5.56 Å². The van der Waals surface area contributed by atoms with Crippen LogP contribution >= 0.6 is 0 Å². The molecule has 0 fully saturated rings. The normalized spacial score (nSPS) is 13.3. The summed E-state index contributed by atoms with van der Waals surface area (Å²) in [7, 11) is 0. The Morgan fingerprint density at radius 3 is 2.04 bits per heavy atom. The number of unbranched alkanes of at least 4 members (excludes halogenated alkanes) is 7. The summed E-state index contributed by atoms with van der Waals surface area (Å²) < 4.78 is 39.4. The summed E-state index contributed by atoms with van der Waals surface area (Å²) in [6.07, 6.45) is 6.09. The van der Waals surface area contributed by atoms with E-state index < -0.39 is 12.2 Å². The maximum atomic E-state index is 13.1. The Bertz CT molecular complexity index is 673. The average Bonchev–Trinajstić information content (AvgIpc) is 2.62. The van der Waals surface area contributed by atoms with Crippen LogP contribution in [0, 0.1) is 0 Å². The minimum atomic E-state index is -4.43. The first-order valence-corrected chi connectivity index (χ1v) is 9.78. The van der Waals surface area contributed by atoms with E-state index in [1.807, 2.05) is 24.3 Å². The van der Waals surface area contributed by atoms with Crippen LogP contribution in [-0.4, -0.2) is 6.18 Å². The van der Waals surface area contributed by atoms with Gasteiger partial charge in [0.1, 0.15) is 6.04 Å². The SMILES string of the molecule is CCCCCCCCCCc1cccc2cccc([C@H](N)C(F)(F)F)c12.